The van der Waals surface area contributed by atoms with Crippen molar-refractivity contribution in [2.24, 2.45) is 0 Å². The maximum absolute atomic E-state index is 11.9. The van der Waals surface area contributed by atoms with Gasteiger partial charge in [-0.2, -0.15) is 0 Å². The predicted molar refractivity (Wildman–Crippen MR) is 84.2 cm³/mol. The molecule has 0 fully saturated rings. The van der Waals surface area contributed by atoms with Gasteiger partial charge in [0.2, 0.25) is 0 Å². The third kappa shape index (κ3) is 3.70. The summed E-state index contributed by atoms with van der Waals surface area (Å²) in [4.78, 5) is 11.9. The molecule has 0 N–H and O–H groups in total. The van der Waals surface area contributed by atoms with Crippen LogP contribution in [0.5, 0.6) is 0 Å². The van der Waals surface area contributed by atoms with Gasteiger partial charge >= 0.3 is 0 Å². The molecule has 3 rings (SSSR count). The fraction of sp³-hybridized carbons (Fsp3) is 0.211. The van der Waals surface area contributed by atoms with Crippen LogP contribution in [0, 0.1) is 0 Å². The van der Waals surface area contributed by atoms with Gasteiger partial charge < -0.3 is 9.47 Å². The van der Waals surface area contributed by atoms with E-state index in [-0.39, 0.29) is 11.9 Å². The first-order chi connectivity index (χ1) is 10.8. The number of benzene rings is 2. The van der Waals surface area contributed by atoms with Crippen molar-refractivity contribution in [1.82, 2.24) is 0 Å². The average Bonchev–Trinajstić information content (AvgIpc) is 2.93. The highest BCUT2D eigenvalue weighted by Crippen LogP contribution is 2.18. The highest BCUT2D eigenvalue weighted by molar-refractivity contribution is 5.97. The Labute approximate surface area is 130 Å². The molecule has 2 aromatic carbocycles. The summed E-state index contributed by atoms with van der Waals surface area (Å²) >= 11 is 0. The zero-order valence-electron chi connectivity index (χ0n) is 12.2. The van der Waals surface area contributed by atoms with Gasteiger partial charge in [0.05, 0.1) is 13.2 Å². The molecule has 0 radical (unpaired) electrons. The maximum atomic E-state index is 11.9. The van der Waals surface area contributed by atoms with E-state index in [0.717, 1.165) is 11.1 Å². The Morgan fingerprint density at radius 3 is 1.91 bits per heavy atom. The van der Waals surface area contributed by atoms with Crippen LogP contribution in [0.2, 0.25) is 0 Å². The zero-order chi connectivity index (χ0) is 15.2. The van der Waals surface area contributed by atoms with Crippen molar-refractivity contribution in [2.75, 3.05) is 0 Å². The molecule has 0 bridgehead atoms. The molecule has 0 saturated carbocycles. The van der Waals surface area contributed by atoms with Gasteiger partial charge in [-0.15, -0.1) is 0 Å². The minimum Gasteiger partial charge on any atom is -0.366 e. The van der Waals surface area contributed by atoms with E-state index < -0.39 is 6.10 Å². The van der Waals surface area contributed by atoms with Crippen molar-refractivity contribution < 1.29 is 14.3 Å². The van der Waals surface area contributed by atoms with Crippen LogP contribution in [0.15, 0.2) is 72.8 Å². The van der Waals surface area contributed by atoms with Crippen LogP contribution < -0.4 is 0 Å². The highest BCUT2D eigenvalue weighted by atomic mass is 16.5. The van der Waals surface area contributed by atoms with Gasteiger partial charge in [-0.1, -0.05) is 60.7 Å². The SMILES string of the molecule is O=C1C=C[C@@H](OCc2ccccc2)[C@@H]1OCc1ccccc1. The second kappa shape index (κ2) is 7.16. The standard InChI is InChI=1S/C19H18O3/c20-17-11-12-18(21-13-15-7-3-1-4-8-15)19(17)22-14-16-9-5-2-6-10-16/h1-12,18-19H,13-14H2/t18-,19-/m1/s1. The van der Waals surface area contributed by atoms with E-state index in [9.17, 15) is 4.79 Å². The number of ketones is 1. The molecule has 0 amide bonds. The predicted octanol–water partition coefficient (Wildman–Crippen LogP) is 3.30. The van der Waals surface area contributed by atoms with Crippen LogP contribution in [0.1, 0.15) is 11.1 Å². The van der Waals surface area contributed by atoms with Gasteiger partial charge in [0, 0.05) is 0 Å². The first-order valence-corrected chi connectivity index (χ1v) is 7.36. The number of carbonyl (C=O) groups is 1. The lowest BCUT2D eigenvalue weighted by Gasteiger charge is -2.19. The van der Waals surface area contributed by atoms with Crippen LogP contribution >= 0.6 is 0 Å². The van der Waals surface area contributed by atoms with E-state index in [1.54, 1.807) is 12.2 Å². The molecule has 0 unspecified atom stereocenters. The minimum absolute atomic E-state index is 0.0333. The lowest BCUT2D eigenvalue weighted by Crippen LogP contribution is -2.31. The fourth-order valence-corrected chi connectivity index (χ4v) is 2.39. The van der Waals surface area contributed by atoms with E-state index in [4.69, 9.17) is 9.47 Å². The largest absolute Gasteiger partial charge is 0.366 e. The summed E-state index contributed by atoms with van der Waals surface area (Å²) < 4.78 is 11.6. The summed E-state index contributed by atoms with van der Waals surface area (Å²) in [6.07, 6.45) is 2.45. The Morgan fingerprint density at radius 1 is 0.773 bits per heavy atom. The van der Waals surface area contributed by atoms with Gasteiger partial charge in [-0.3, -0.25) is 4.79 Å². The van der Waals surface area contributed by atoms with E-state index in [0.29, 0.717) is 13.2 Å². The molecular weight excluding hydrogens is 276 g/mol. The Hall–Kier alpha value is -2.23. The molecule has 0 spiro atoms. The Morgan fingerprint density at radius 2 is 1.32 bits per heavy atom. The van der Waals surface area contributed by atoms with Crippen LogP contribution in [-0.4, -0.2) is 18.0 Å². The van der Waals surface area contributed by atoms with Crippen LogP contribution in [0.3, 0.4) is 0 Å². The Balaban J connectivity index is 1.56. The lowest BCUT2D eigenvalue weighted by molar-refractivity contribution is -0.133. The van der Waals surface area contributed by atoms with Gasteiger partial charge in [0.15, 0.2) is 5.78 Å². The fourth-order valence-electron chi connectivity index (χ4n) is 2.39. The van der Waals surface area contributed by atoms with Crippen molar-refractivity contribution in [3.63, 3.8) is 0 Å². The van der Waals surface area contributed by atoms with Gasteiger partial charge in [0.1, 0.15) is 12.2 Å². The number of hydrogen-bond acceptors (Lipinski definition) is 3. The number of hydrogen-bond donors (Lipinski definition) is 0. The molecular formula is C19H18O3. The van der Waals surface area contributed by atoms with Gasteiger partial charge in [-0.05, 0) is 23.3 Å². The quantitative estimate of drug-likeness (QED) is 0.820. The number of ether oxygens (including phenoxy) is 2. The molecule has 3 heteroatoms. The third-order valence-electron chi connectivity index (χ3n) is 3.59. The molecule has 2 atom stereocenters. The van der Waals surface area contributed by atoms with Gasteiger partial charge in [-0.25, -0.2) is 0 Å². The van der Waals surface area contributed by atoms with Gasteiger partial charge in [0.25, 0.3) is 0 Å². The highest BCUT2D eigenvalue weighted by Gasteiger charge is 2.31. The zero-order valence-corrected chi connectivity index (χ0v) is 12.2. The van der Waals surface area contributed by atoms with Crippen LogP contribution in [0.4, 0.5) is 0 Å². The molecule has 1 aliphatic carbocycles. The molecule has 22 heavy (non-hydrogen) atoms. The monoisotopic (exact) mass is 294 g/mol. The van der Waals surface area contributed by atoms with Crippen molar-refractivity contribution in [3.05, 3.63) is 83.9 Å². The molecule has 0 heterocycles. The minimum atomic E-state index is -0.552. The lowest BCUT2D eigenvalue weighted by atomic mass is 10.2. The average molecular weight is 294 g/mol. The molecule has 112 valence electrons. The van der Waals surface area contributed by atoms with Crippen molar-refractivity contribution in [2.45, 2.75) is 25.4 Å². The second-order valence-electron chi connectivity index (χ2n) is 5.24. The number of carbonyl (C=O) groups excluding carboxylic acids is 1. The summed E-state index contributed by atoms with van der Waals surface area (Å²) in [5.74, 6) is -0.0333. The van der Waals surface area contributed by atoms with Crippen molar-refractivity contribution in [3.8, 4) is 0 Å². The van der Waals surface area contributed by atoms with Crippen molar-refractivity contribution >= 4 is 5.78 Å². The smallest absolute Gasteiger partial charge is 0.187 e. The Kier molecular flexibility index (Phi) is 4.78. The van der Waals surface area contributed by atoms with E-state index in [2.05, 4.69) is 0 Å². The molecule has 0 aromatic heterocycles. The summed E-state index contributed by atoms with van der Waals surface area (Å²) in [5.41, 5.74) is 2.13. The van der Waals surface area contributed by atoms with Crippen LogP contribution in [-0.2, 0) is 27.5 Å². The molecule has 0 aliphatic heterocycles. The molecule has 0 saturated heterocycles. The molecule has 1 aliphatic rings. The summed E-state index contributed by atoms with van der Waals surface area (Å²) in [6, 6.07) is 19.7. The molecule has 2 aromatic rings. The first-order valence-electron chi connectivity index (χ1n) is 7.36. The van der Waals surface area contributed by atoms with E-state index in [1.165, 1.54) is 0 Å². The first kappa shape index (κ1) is 14.7. The summed E-state index contributed by atoms with van der Waals surface area (Å²) in [7, 11) is 0. The maximum Gasteiger partial charge on any atom is 0.187 e. The normalized spacial score (nSPS) is 20.5. The third-order valence-corrected chi connectivity index (χ3v) is 3.59. The second-order valence-corrected chi connectivity index (χ2v) is 5.24. The van der Waals surface area contributed by atoms with Crippen LogP contribution in [0.25, 0.3) is 0 Å². The summed E-state index contributed by atoms with van der Waals surface area (Å²) in [6.45, 7) is 0.873. The topological polar surface area (TPSA) is 35.5 Å². The van der Waals surface area contributed by atoms with E-state index in [1.807, 2.05) is 60.7 Å². The number of rotatable bonds is 6. The summed E-state index contributed by atoms with van der Waals surface area (Å²) in [5, 5.41) is 0. The molecule has 3 nitrogen and oxygen atoms in total. The van der Waals surface area contributed by atoms with Crippen molar-refractivity contribution in [1.29, 1.82) is 0 Å². The van der Waals surface area contributed by atoms with E-state index >= 15 is 0 Å². The Bertz CT molecular complexity index is 634.